The summed E-state index contributed by atoms with van der Waals surface area (Å²) < 4.78 is 0. The summed E-state index contributed by atoms with van der Waals surface area (Å²) >= 11 is 1.57. The first-order valence-electron chi connectivity index (χ1n) is 6.09. The summed E-state index contributed by atoms with van der Waals surface area (Å²) in [6.07, 6.45) is 3.40. The molecule has 2 rings (SSSR count). The van der Waals surface area contributed by atoms with Gasteiger partial charge in [0.25, 0.3) is 0 Å². The van der Waals surface area contributed by atoms with E-state index in [0.29, 0.717) is 13.0 Å². The van der Waals surface area contributed by atoms with E-state index in [9.17, 15) is 9.59 Å². The maximum Gasteiger partial charge on any atom is 0.303 e. The highest BCUT2D eigenvalue weighted by atomic mass is 32.1. The van der Waals surface area contributed by atoms with E-state index in [2.05, 4.69) is 5.32 Å². The highest BCUT2D eigenvalue weighted by Crippen LogP contribution is 2.43. The Bertz CT molecular complexity index is 423. The summed E-state index contributed by atoms with van der Waals surface area (Å²) in [6, 6.07) is 1.93. The number of rotatable bonds is 6. The van der Waals surface area contributed by atoms with Crippen LogP contribution in [0.4, 0.5) is 0 Å². The van der Waals surface area contributed by atoms with Gasteiger partial charge < -0.3 is 10.4 Å². The number of carboxylic acid groups (broad SMARTS) is 1. The monoisotopic (exact) mass is 267 g/mol. The van der Waals surface area contributed by atoms with Crippen LogP contribution >= 0.6 is 11.3 Å². The summed E-state index contributed by atoms with van der Waals surface area (Å²) in [4.78, 5) is 22.5. The number of carbonyl (C=O) groups excluding carboxylic acids is 1. The number of thiophene rings is 1. The first-order valence-corrected chi connectivity index (χ1v) is 7.04. The molecule has 4 nitrogen and oxygen atoms in total. The molecule has 1 aromatic heterocycles. The maximum absolute atomic E-state index is 11.7. The maximum atomic E-state index is 11.7. The van der Waals surface area contributed by atoms with Crippen molar-refractivity contribution >= 4 is 23.2 Å². The zero-order valence-electron chi connectivity index (χ0n) is 10.1. The molecule has 0 spiro atoms. The van der Waals surface area contributed by atoms with Crippen LogP contribution in [0.5, 0.6) is 0 Å². The number of hydrogen-bond acceptors (Lipinski definition) is 3. The molecule has 1 saturated carbocycles. The predicted molar refractivity (Wildman–Crippen MR) is 69.6 cm³/mol. The topological polar surface area (TPSA) is 66.4 Å². The van der Waals surface area contributed by atoms with Crippen molar-refractivity contribution in [2.45, 2.75) is 32.1 Å². The van der Waals surface area contributed by atoms with Gasteiger partial charge in [0.05, 0.1) is 12.8 Å². The van der Waals surface area contributed by atoms with Gasteiger partial charge in [-0.2, -0.15) is 11.3 Å². The van der Waals surface area contributed by atoms with Crippen molar-refractivity contribution < 1.29 is 14.7 Å². The van der Waals surface area contributed by atoms with Crippen molar-refractivity contribution in [3.8, 4) is 0 Å². The molecule has 98 valence electrons. The third-order valence-corrected chi connectivity index (χ3v) is 4.28. The minimum absolute atomic E-state index is 0.0231. The molecule has 0 bridgehead atoms. The number of amides is 1. The second kappa shape index (κ2) is 5.52. The van der Waals surface area contributed by atoms with Crippen LogP contribution in [0, 0.1) is 5.41 Å². The summed E-state index contributed by atoms with van der Waals surface area (Å²) in [5.74, 6) is -0.799. The highest BCUT2D eigenvalue weighted by Gasteiger charge is 2.39. The fourth-order valence-corrected chi connectivity index (χ4v) is 3.01. The fourth-order valence-electron chi connectivity index (χ4n) is 2.34. The summed E-state index contributed by atoms with van der Waals surface area (Å²) in [7, 11) is 0. The van der Waals surface area contributed by atoms with Gasteiger partial charge in [0.1, 0.15) is 0 Å². The van der Waals surface area contributed by atoms with Crippen LogP contribution in [-0.2, 0) is 16.0 Å². The van der Waals surface area contributed by atoms with Crippen molar-refractivity contribution in [2.24, 2.45) is 5.41 Å². The Hall–Kier alpha value is -1.36. The lowest BCUT2D eigenvalue weighted by molar-refractivity contribution is -0.141. The van der Waals surface area contributed by atoms with E-state index in [4.69, 9.17) is 5.11 Å². The van der Waals surface area contributed by atoms with Crippen molar-refractivity contribution in [1.82, 2.24) is 5.32 Å². The Morgan fingerprint density at radius 1 is 1.44 bits per heavy atom. The lowest BCUT2D eigenvalue weighted by Crippen LogP contribution is -2.43. The molecular formula is C13H17NO3S. The smallest absolute Gasteiger partial charge is 0.303 e. The molecule has 2 N–H and O–H groups in total. The van der Waals surface area contributed by atoms with E-state index in [1.54, 1.807) is 11.3 Å². The van der Waals surface area contributed by atoms with E-state index in [0.717, 1.165) is 24.8 Å². The molecular weight excluding hydrogens is 250 g/mol. The third kappa shape index (κ3) is 3.32. The predicted octanol–water partition coefficient (Wildman–Crippen LogP) is 2.05. The minimum Gasteiger partial charge on any atom is -0.481 e. The molecule has 18 heavy (non-hydrogen) atoms. The summed E-state index contributed by atoms with van der Waals surface area (Å²) in [5.41, 5.74) is 0.814. The lowest BCUT2D eigenvalue weighted by atomic mass is 9.66. The SMILES string of the molecule is O=C(O)CC1(CNC(=O)Cc2ccsc2)CCC1. The second-order valence-corrected chi connectivity index (χ2v) is 5.79. The van der Waals surface area contributed by atoms with E-state index in [1.807, 2.05) is 16.8 Å². The molecule has 1 amide bonds. The molecule has 0 aromatic carbocycles. The van der Waals surface area contributed by atoms with Crippen molar-refractivity contribution in [2.75, 3.05) is 6.54 Å². The quantitative estimate of drug-likeness (QED) is 0.829. The van der Waals surface area contributed by atoms with Gasteiger partial charge in [-0.1, -0.05) is 6.42 Å². The van der Waals surface area contributed by atoms with Crippen LogP contribution < -0.4 is 5.32 Å². The first kappa shape index (κ1) is 13.1. The van der Waals surface area contributed by atoms with Gasteiger partial charge in [0.2, 0.25) is 5.91 Å². The van der Waals surface area contributed by atoms with Crippen molar-refractivity contribution in [1.29, 1.82) is 0 Å². The van der Waals surface area contributed by atoms with Gasteiger partial charge in [-0.15, -0.1) is 0 Å². The molecule has 1 aromatic rings. The average Bonchev–Trinajstić information content (AvgIpc) is 2.74. The van der Waals surface area contributed by atoms with Crippen LogP contribution in [0.25, 0.3) is 0 Å². The number of carboxylic acids is 1. The van der Waals surface area contributed by atoms with Gasteiger partial charge in [-0.25, -0.2) is 0 Å². The van der Waals surface area contributed by atoms with E-state index in [1.165, 1.54) is 0 Å². The zero-order chi connectivity index (χ0) is 13.0. The van der Waals surface area contributed by atoms with Gasteiger partial charge in [-0.05, 0) is 40.6 Å². The number of carbonyl (C=O) groups is 2. The van der Waals surface area contributed by atoms with E-state index < -0.39 is 5.97 Å². The van der Waals surface area contributed by atoms with Crippen LogP contribution in [0.1, 0.15) is 31.2 Å². The molecule has 0 radical (unpaired) electrons. The van der Waals surface area contributed by atoms with E-state index >= 15 is 0 Å². The summed E-state index contributed by atoms with van der Waals surface area (Å²) in [5, 5.41) is 15.6. The molecule has 1 aliphatic carbocycles. The Kier molecular flexibility index (Phi) is 4.01. The van der Waals surface area contributed by atoms with Gasteiger partial charge in [0, 0.05) is 6.54 Å². The Morgan fingerprint density at radius 3 is 2.72 bits per heavy atom. The molecule has 1 fully saturated rings. The highest BCUT2D eigenvalue weighted by molar-refractivity contribution is 7.07. The average molecular weight is 267 g/mol. The second-order valence-electron chi connectivity index (χ2n) is 5.01. The molecule has 0 saturated heterocycles. The Balaban J connectivity index is 1.79. The number of aliphatic carboxylic acids is 1. The fraction of sp³-hybridized carbons (Fsp3) is 0.538. The van der Waals surface area contributed by atoms with Crippen molar-refractivity contribution in [3.05, 3.63) is 22.4 Å². The Labute approximate surface area is 110 Å². The van der Waals surface area contributed by atoms with E-state index in [-0.39, 0.29) is 17.7 Å². The van der Waals surface area contributed by atoms with Gasteiger partial charge in [-0.3, -0.25) is 9.59 Å². The molecule has 0 atom stereocenters. The minimum atomic E-state index is -0.776. The lowest BCUT2D eigenvalue weighted by Gasteiger charge is -2.40. The van der Waals surface area contributed by atoms with Crippen LogP contribution in [0.2, 0.25) is 0 Å². The number of nitrogens with one attached hydrogen (secondary N) is 1. The van der Waals surface area contributed by atoms with Crippen LogP contribution in [0.15, 0.2) is 16.8 Å². The van der Waals surface area contributed by atoms with Gasteiger partial charge >= 0.3 is 5.97 Å². The first-order chi connectivity index (χ1) is 8.60. The largest absolute Gasteiger partial charge is 0.481 e. The standard InChI is InChI=1S/C13H17NO3S/c15-11(6-10-2-5-18-8-10)14-9-13(3-1-4-13)7-12(16)17/h2,5,8H,1,3-4,6-7,9H2,(H,14,15)(H,16,17). The molecule has 1 heterocycles. The molecule has 0 unspecified atom stereocenters. The third-order valence-electron chi connectivity index (χ3n) is 3.55. The summed E-state index contributed by atoms with van der Waals surface area (Å²) in [6.45, 7) is 0.488. The van der Waals surface area contributed by atoms with Gasteiger partial charge in [0.15, 0.2) is 0 Å². The zero-order valence-corrected chi connectivity index (χ0v) is 11.0. The van der Waals surface area contributed by atoms with Crippen molar-refractivity contribution in [3.63, 3.8) is 0 Å². The molecule has 5 heteroatoms. The molecule has 0 aliphatic heterocycles. The normalized spacial score (nSPS) is 16.9. The molecule has 1 aliphatic rings. The number of hydrogen-bond donors (Lipinski definition) is 2. The Morgan fingerprint density at radius 2 is 2.22 bits per heavy atom. The van der Waals surface area contributed by atoms with Crippen LogP contribution in [0.3, 0.4) is 0 Å². The van der Waals surface area contributed by atoms with Crippen LogP contribution in [-0.4, -0.2) is 23.5 Å².